The molecule has 0 atom stereocenters. The van der Waals surface area contributed by atoms with Crippen molar-refractivity contribution >= 4 is 22.8 Å². The van der Waals surface area contributed by atoms with E-state index in [-0.39, 0.29) is 5.12 Å². The molecule has 1 aromatic rings. The number of hydrogen-bond donors (Lipinski definition) is 1. The van der Waals surface area contributed by atoms with E-state index in [1.165, 1.54) is 18.7 Å². The number of benzene rings is 1. The standard InChI is InChI=1S/C14H14O3S/c1-10-9-12(6-7-13(10)14(16)17)5-3-4-8-18-11(2)15/h6-7,9H,4,8H2,1-2H3,(H,16,17). The molecular formula is C14H14O3S. The smallest absolute Gasteiger partial charge is 0.335 e. The first-order valence-corrected chi connectivity index (χ1v) is 6.45. The normalized spacial score (nSPS) is 9.44. The molecule has 0 unspecified atom stereocenters. The van der Waals surface area contributed by atoms with E-state index in [1.54, 1.807) is 25.1 Å². The van der Waals surface area contributed by atoms with Crippen molar-refractivity contribution in [3.05, 3.63) is 34.9 Å². The van der Waals surface area contributed by atoms with E-state index in [0.29, 0.717) is 23.3 Å². The van der Waals surface area contributed by atoms with Gasteiger partial charge in [0.2, 0.25) is 0 Å². The minimum atomic E-state index is -0.926. The number of hydrogen-bond acceptors (Lipinski definition) is 3. The monoisotopic (exact) mass is 262 g/mol. The maximum absolute atomic E-state index is 10.8. The van der Waals surface area contributed by atoms with E-state index < -0.39 is 5.97 Å². The average Bonchev–Trinajstić information content (AvgIpc) is 2.27. The lowest BCUT2D eigenvalue weighted by molar-refractivity contribution is -0.109. The fourth-order valence-electron chi connectivity index (χ4n) is 1.39. The highest BCUT2D eigenvalue weighted by molar-refractivity contribution is 8.13. The second-order valence-corrected chi connectivity index (χ2v) is 5.00. The van der Waals surface area contributed by atoms with Crippen LogP contribution in [0.25, 0.3) is 0 Å². The topological polar surface area (TPSA) is 54.4 Å². The lowest BCUT2D eigenvalue weighted by atomic mass is 10.1. The van der Waals surface area contributed by atoms with E-state index in [2.05, 4.69) is 11.8 Å². The van der Waals surface area contributed by atoms with Crippen LogP contribution < -0.4 is 0 Å². The fraction of sp³-hybridized carbons (Fsp3) is 0.286. The van der Waals surface area contributed by atoms with Gasteiger partial charge in [-0.2, -0.15) is 0 Å². The lowest BCUT2D eigenvalue weighted by Crippen LogP contribution is -1.99. The van der Waals surface area contributed by atoms with Crippen LogP contribution in [0.3, 0.4) is 0 Å². The zero-order valence-electron chi connectivity index (χ0n) is 10.3. The van der Waals surface area contributed by atoms with Gasteiger partial charge >= 0.3 is 5.97 Å². The second kappa shape index (κ2) is 6.87. The third kappa shape index (κ3) is 4.64. The Kier molecular flexibility index (Phi) is 5.47. The van der Waals surface area contributed by atoms with Crippen LogP contribution in [-0.4, -0.2) is 21.9 Å². The predicted molar refractivity (Wildman–Crippen MR) is 72.8 cm³/mol. The molecule has 0 heterocycles. The first kappa shape index (κ1) is 14.3. The van der Waals surface area contributed by atoms with Crippen molar-refractivity contribution in [3.8, 4) is 11.8 Å². The molecule has 1 rings (SSSR count). The number of aromatic carboxylic acids is 1. The zero-order chi connectivity index (χ0) is 13.5. The van der Waals surface area contributed by atoms with Gasteiger partial charge in [0.25, 0.3) is 0 Å². The maximum atomic E-state index is 10.8. The van der Waals surface area contributed by atoms with E-state index in [9.17, 15) is 9.59 Å². The lowest BCUT2D eigenvalue weighted by Gasteiger charge is -2.00. The molecule has 0 saturated heterocycles. The minimum Gasteiger partial charge on any atom is -0.478 e. The van der Waals surface area contributed by atoms with Gasteiger partial charge in [-0.25, -0.2) is 4.79 Å². The Morgan fingerprint density at radius 1 is 1.39 bits per heavy atom. The number of carboxylic acid groups (broad SMARTS) is 1. The highest BCUT2D eigenvalue weighted by atomic mass is 32.2. The minimum absolute atomic E-state index is 0.0958. The summed E-state index contributed by atoms with van der Waals surface area (Å²) < 4.78 is 0. The van der Waals surface area contributed by atoms with Gasteiger partial charge in [0.15, 0.2) is 5.12 Å². The Hall–Kier alpha value is -1.73. The van der Waals surface area contributed by atoms with Crippen LogP contribution in [0, 0.1) is 18.8 Å². The Morgan fingerprint density at radius 2 is 2.11 bits per heavy atom. The van der Waals surface area contributed by atoms with Crippen LogP contribution in [-0.2, 0) is 4.79 Å². The Labute approximate surface area is 111 Å². The van der Waals surface area contributed by atoms with E-state index in [0.717, 1.165) is 5.56 Å². The quantitative estimate of drug-likeness (QED) is 0.672. The molecule has 1 N–H and O–H groups in total. The summed E-state index contributed by atoms with van der Waals surface area (Å²) in [5.41, 5.74) is 1.80. The molecule has 0 bridgehead atoms. The van der Waals surface area contributed by atoms with Crippen LogP contribution >= 0.6 is 11.8 Å². The first-order chi connectivity index (χ1) is 8.50. The van der Waals surface area contributed by atoms with Gasteiger partial charge in [-0.15, -0.1) is 0 Å². The van der Waals surface area contributed by atoms with Crippen molar-refractivity contribution in [2.24, 2.45) is 0 Å². The molecule has 0 aliphatic carbocycles. The van der Waals surface area contributed by atoms with Crippen LogP contribution in [0.4, 0.5) is 0 Å². The van der Waals surface area contributed by atoms with Gasteiger partial charge < -0.3 is 5.11 Å². The fourth-order valence-corrected chi connectivity index (χ4v) is 1.88. The van der Waals surface area contributed by atoms with E-state index in [4.69, 9.17) is 5.11 Å². The first-order valence-electron chi connectivity index (χ1n) is 5.47. The molecule has 1 aromatic carbocycles. The summed E-state index contributed by atoms with van der Waals surface area (Å²) >= 11 is 1.26. The molecule has 0 spiro atoms. The predicted octanol–water partition coefficient (Wildman–Crippen LogP) is 2.71. The summed E-state index contributed by atoms with van der Waals surface area (Å²) in [6, 6.07) is 5.02. The van der Waals surface area contributed by atoms with Gasteiger partial charge in [-0.1, -0.05) is 23.6 Å². The van der Waals surface area contributed by atoms with E-state index >= 15 is 0 Å². The molecule has 0 aromatic heterocycles. The number of aryl methyl sites for hydroxylation is 1. The third-order valence-electron chi connectivity index (χ3n) is 2.22. The number of carbonyl (C=O) groups excluding carboxylic acids is 1. The van der Waals surface area contributed by atoms with Gasteiger partial charge in [0.05, 0.1) is 5.56 Å². The summed E-state index contributed by atoms with van der Waals surface area (Å²) in [7, 11) is 0. The molecule has 0 aliphatic heterocycles. The van der Waals surface area contributed by atoms with Crippen molar-refractivity contribution in [2.45, 2.75) is 20.3 Å². The van der Waals surface area contributed by atoms with Gasteiger partial charge in [-0.3, -0.25) is 4.79 Å². The molecule has 0 amide bonds. The number of carbonyl (C=O) groups is 2. The van der Waals surface area contributed by atoms with E-state index in [1.807, 2.05) is 0 Å². The van der Waals surface area contributed by atoms with Crippen LogP contribution in [0.2, 0.25) is 0 Å². The largest absolute Gasteiger partial charge is 0.478 e. The van der Waals surface area contributed by atoms with Crippen LogP contribution in [0.5, 0.6) is 0 Å². The van der Waals surface area contributed by atoms with Gasteiger partial charge in [-0.05, 0) is 30.7 Å². The summed E-state index contributed by atoms with van der Waals surface area (Å²) in [6.45, 7) is 3.28. The Morgan fingerprint density at radius 3 is 2.67 bits per heavy atom. The molecule has 4 heteroatoms. The molecule has 0 aliphatic rings. The number of rotatable bonds is 3. The molecule has 3 nitrogen and oxygen atoms in total. The van der Waals surface area contributed by atoms with Crippen molar-refractivity contribution in [3.63, 3.8) is 0 Å². The summed E-state index contributed by atoms with van der Waals surface area (Å²) in [5, 5.41) is 8.98. The SMILES string of the molecule is CC(=O)SCCC#Cc1ccc(C(=O)O)c(C)c1. The number of thioether (sulfide) groups is 1. The van der Waals surface area contributed by atoms with Crippen LogP contribution in [0.1, 0.15) is 34.8 Å². The van der Waals surface area contributed by atoms with Crippen molar-refractivity contribution in [1.29, 1.82) is 0 Å². The van der Waals surface area contributed by atoms with Crippen molar-refractivity contribution in [1.82, 2.24) is 0 Å². The molecule has 0 saturated carbocycles. The average molecular weight is 262 g/mol. The summed E-state index contributed by atoms with van der Waals surface area (Å²) in [4.78, 5) is 21.5. The Bertz CT molecular complexity index is 524. The maximum Gasteiger partial charge on any atom is 0.335 e. The number of carboxylic acids is 1. The zero-order valence-corrected chi connectivity index (χ0v) is 11.1. The van der Waals surface area contributed by atoms with Crippen LogP contribution in [0.15, 0.2) is 18.2 Å². The highest BCUT2D eigenvalue weighted by Crippen LogP contribution is 2.10. The summed E-state index contributed by atoms with van der Waals surface area (Å²) in [6.07, 6.45) is 0.643. The molecule has 0 fully saturated rings. The second-order valence-electron chi connectivity index (χ2n) is 3.73. The van der Waals surface area contributed by atoms with Crippen molar-refractivity contribution in [2.75, 3.05) is 5.75 Å². The molecule has 18 heavy (non-hydrogen) atoms. The van der Waals surface area contributed by atoms with Gasteiger partial charge in [0, 0.05) is 24.7 Å². The molecule has 0 radical (unpaired) electrons. The Balaban J connectivity index is 2.64. The molecular weight excluding hydrogens is 248 g/mol. The summed E-state index contributed by atoms with van der Waals surface area (Å²) in [5.74, 6) is 5.68. The third-order valence-corrected chi connectivity index (χ3v) is 3.04. The van der Waals surface area contributed by atoms with Crippen molar-refractivity contribution < 1.29 is 14.7 Å². The van der Waals surface area contributed by atoms with Gasteiger partial charge in [0.1, 0.15) is 0 Å². The highest BCUT2D eigenvalue weighted by Gasteiger charge is 2.05. The molecule has 94 valence electrons.